The summed E-state index contributed by atoms with van der Waals surface area (Å²) in [6, 6.07) is 52.2. The first-order valence-corrected chi connectivity index (χ1v) is 26.8. The molecule has 0 unspecified atom stereocenters. The maximum absolute atomic E-state index is 2.37. The van der Waals surface area contributed by atoms with Gasteiger partial charge in [0.1, 0.15) is 0 Å². The predicted octanol–water partition coefficient (Wildman–Crippen LogP) is 6.17. The molecule has 0 radical (unpaired) electrons. The molecule has 8 aromatic carbocycles. The molecular formula is C42H36Cl2GeZr-2. The smallest absolute Gasteiger partial charge is 1.00 e. The average Bonchev–Trinajstić information content (AvgIpc) is 3.55. The van der Waals surface area contributed by atoms with Gasteiger partial charge in [-0.05, 0) is 21.5 Å². The number of rotatable bonds is 2. The Hall–Kier alpha value is -2.93. The number of benzene rings is 6. The van der Waals surface area contributed by atoms with Crippen LogP contribution in [-0.2, 0) is 21.6 Å². The zero-order chi connectivity index (χ0) is 30.6. The third-order valence-electron chi connectivity index (χ3n) is 8.11. The van der Waals surface area contributed by atoms with Crippen molar-refractivity contribution in [3.63, 3.8) is 0 Å². The summed E-state index contributed by atoms with van der Waals surface area (Å²) in [4.78, 5) is 0. The van der Waals surface area contributed by atoms with E-state index >= 15 is 0 Å². The van der Waals surface area contributed by atoms with Crippen LogP contribution in [0, 0.1) is 13.8 Å². The van der Waals surface area contributed by atoms with Crippen molar-refractivity contribution in [3.05, 3.63) is 157 Å². The molecule has 0 aliphatic rings. The molecule has 0 atom stereocenters. The molecule has 0 heterocycles. The van der Waals surface area contributed by atoms with Gasteiger partial charge in [-0.15, -0.1) is 92.3 Å². The molecule has 0 spiro atoms. The Morgan fingerprint density at radius 1 is 0.435 bits per heavy atom. The molecule has 8 rings (SSSR count). The van der Waals surface area contributed by atoms with E-state index in [1.165, 1.54) is 76.5 Å². The second-order valence-electron chi connectivity index (χ2n) is 11.6. The van der Waals surface area contributed by atoms with Crippen molar-refractivity contribution in [2.45, 2.75) is 25.4 Å². The normalized spacial score (nSPS) is 10.4. The van der Waals surface area contributed by atoms with Gasteiger partial charge in [0.05, 0.1) is 0 Å². The monoisotopic (exact) mass is 774 g/mol. The van der Waals surface area contributed by atoms with Crippen molar-refractivity contribution in [2.75, 3.05) is 0 Å². The van der Waals surface area contributed by atoms with Gasteiger partial charge in [-0.25, -0.2) is 0 Å². The minimum atomic E-state index is -0.243. The summed E-state index contributed by atoms with van der Waals surface area (Å²) in [5.41, 5.74) is 8.11. The van der Waals surface area contributed by atoms with E-state index in [1.54, 1.807) is 21.6 Å². The molecule has 0 saturated carbocycles. The maximum atomic E-state index is 2.37. The summed E-state index contributed by atoms with van der Waals surface area (Å²) in [6.07, 6.45) is 0. The van der Waals surface area contributed by atoms with Crippen molar-refractivity contribution in [3.8, 4) is 22.3 Å². The van der Waals surface area contributed by atoms with Crippen LogP contribution in [-0.4, -0.2) is 9.98 Å². The molecule has 0 aromatic heterocycles. The van der Waals surface area contributed by atoms with E-state index in [1.807, 2.05) is 0 Å². The Labute approximate surface area is 301 Å². The number of aryl methyl sites for hydroxylation is 2. The average molecular weight is 775 g/mol. The van der Waals surface area contributed by atoms with E-state index in [2.05, 4.69) is 171 Å². The predicted molar refractivity (Wildman–Crippen MR) is 192 cm³/mol. The number of fused-ring (bicyclic) bond motifs is 4. The van der Waals surface area contributed by atoms with Gasteiger partial charge in [-0.1, -0.05) is 122 Å². The third kappa shape index (κ3) is 7.61. The summed E-state index contributed by atoms with van der Waals surface area (Å²) in [6.45, 7) is 4.41. The molecule has 0 fully saturated rings. The fourth-order valence-electron chi connectivity index (χ4n) is 6.34. The first-order chi connectivity index (χ1) is 21.4. The Kier molecular flexibility index (Phi) is 12.7. The standard InChI is InChI=1S/2C20H15.C2H6Ge.2ClH.Zr/c2*1-14-13-16-8-3-5-11-18(16)20(14)19-12-6-9-15-7-2-4-10-17(15)19;1-3-2;;;/h2*2-13H,1H3;1-2H3;2*1H;/q2*-1;;;;+2/p-2. The van der Waals surface area contributed by atoms with E-state index in [-0.39, 0.29) is 34.8 Å². The second-order valence-corrected chi connectivity index (χ2v) is 28.6. The van der Waals surface area contributed by atoms with Crippen LogP contribution in [0.4, 0.5) is 0 Å². The molecule has 0 amide bonds. The van der Waals surface area contributed by atoms with Crippen LogP contribution in [0.2, 0.25) is 11.5 Å². The summed E-state index contributed by atoms with van der Waals surface area (Å²) >= 11 is 1.80. The first kappa shape index (κ1) is 35.9. The molecule has 0 bridgehead atoms. The Morgan fingerprint density at radius 3 is 1.13 bits per heavy atom. The van der Waals surface area contributed by atoms with Crippen LogP contribution in [0.5, 0.6) is 0 Å². The summed E-state index contributed by atoms with van der Waals surface area (Å²) in [5, 5.41) is 10.6. The molecule has 0 aliphatic heterocycles. The second kappa shape index (κ2) is 16.3. The Balaban J connectivity index is 0.000000180. The van der Waals surface area contributed by atoms with Crippen LogP contribution in [0.3, 0.4) is 0 Å². The fraction of sp³-hybridized carbons (Fsp3) is 0.0952. The summed E-state index contributed by atoms with van der Waals surface area (Å²) in [7, 11) is -0.243. The first-order valence-electron chi connectivity index (χ1n) is 15.2. The van der Waals surface area contributed by atoms with Crippen molar-refractivity contribution < 1.29 is 46.4 Å². The van der Waals surface area contributed by atoms with Crippen LogP contribution in [0.25, 0.3) is 65.3 Å². The van der Waals surface area contributed by atoms with Gasteiger partial charge < -0.3 is 24.8 Å². The van der Waals surface area contributed by atoms with E-state index in [9.17, 15) is 0 Å². The SMILES string of the molecule is Cc1[cH-]c2ccccc2c1-c1cccc2ccccc12.Cc1[cH-]c2ccccc2c1-c1cccc2ccccc12.[CH3][Ge]([CH3])=[Zr+2].[Cl-].[Cl-]. The maximum Gasteiger partial charge on any atom is -1.00 e. The molecule has 0 nitrogen and oxygen atoms in total. The molecule has 0 aliphatic carbocycles. The quantitative estimate of drug-likeness (QED) is 0.146. The van der Waals surface area contributed by atoms with Crippen LogP contribution in [0.15, 0.2) is 146 Å². The van der Waals surface area contributed by atoms with Crippen molar-refractivity contribution in [1.82, 2.24) is 0 Å². The van der Waals surface area contributed by atoms with Crippen molar-refractivity contribution in [1.29, 1.82) is 0 Å². The van der Waals surface area contributed by atoms with E-state index in [0.29, 0.717) is 0 Å². The molecule has 0 saturated heterocycles. The van der Waals surface area contributed by atoms with Gasteiger partial charge in [-0.2, -0.15) is 0 Å². The topological polar surface area (TPSA) is 0 Å². The van der Waals surface area contributed by atoms with Crippen LogP contribution in [0.1, 0.15) is 11.1 Å². The zero-order valence-corrected chi connectivity index (χ0v) is 32.7. The van der Waals surface area contributed by atoms with Gasteiger partial charge in [0.25, 0.3) is 0 Å². The minimum Gasteiger partial charge on any atom is -1.00 e. The number of hydrogen-bond acceptors (Lipinski definition) is 0. The number of halogens is 2. The van der Waals surface area contributed by atoms with E-state index in [0.717, 1.165) is 0 Å². The molecule has 46 heavy (non-hydrogen) atoms. The van der Waals surface area contributed by atoms with Gasteiger partial charge in [0.2, 0.25) is 0 Å². The Morgan fingerprint density at radius 2 is 0.739 bits per heavy atom. The fourth-order valence-corrected chi connectivity index (χ4v) is 6.34. The van der Waals surface area contributed by atoms with Gasteiger partial charge in [0.15, 0.2) is 0 Å². The largest absolute Gasteiger partial charge is 1.00 e. The van der Waals surface area contributed by atoms with Gasteiger partial charge >= 0.3 is 43.1 Å². The molecule has 0 N–H and O–H groups in total. The molecule has 8 aromatic rings. The number of hydrogen-bond donors (Lipinski definition) is 0. The van der Waals surface area contributed by atoms with E-state index < -0.39 is 0 Å². The molecule has 228 valence electrons. The molecular weight excluding hydrogens is 739 g/mol. The minimum absolute atomic E-state index is 0. The zero-order valence-electron chi connectivity index (χ0n) is 26.6. The third-order valence-corrected chi connectivity index (χ3v) is 8.11. The molecule has 4 heteroatoms. The Bertz CT molecular complexity index is 2090. The summed E-state index contributed by atoms with van der Waals surface area (Å²) in [5.74, 6) is 4.75. The van der Waals surface area contributed by atoms with Crippen LogP contribution < -0.4 is 24.8 Å². The summed E-state index contributed by atoms with van der Waals surface area (Å²) < 4.78 is 0. The van der Waals surface area contributed by atoms with Gasteiger partial charge in [-0.3, -0.25) is 0 Å². The van der Waals surface area contributed by atoms with Crippen molar-refractivity contribution >= 4 is 53.1 Å². The van der Waals surface area contributed by atoms with Gasteiger partial charge in [0, 0.05) is 0 Å². The van der Waals surface area contributed by atoms with Crippen LogP contribution >= 0.6 is 0 Å². The van der Waals surface area contributed by atoms with Crippen molar-refractivity contribution in [2.24, 2.45) is 0 Å². The van der Waals surface area contributed by atoms with E-state index in [4.69, 9.17) is 0 Å².